The Hall–Kier alpha value is -1.58. The minimum absolute atomic E-state index is 0.0419. The van der Waals surface area contributed by atoms with Crippen LogP contribution in [0.25, 0.3) is 0 Å². The minimum atomic E-state index is -0.349. The third-order valence-corrected chi connectivity index (χ3v) is 7.10. The molecule has 0 N–H and O–H groups in total. The highest BCUT2D eigenvalue weighted by atomic mass is 16.5. The summed E-state index contributed by atoms with van der Waals surface area (Å²) < 4.78 is 10.9. The number of rotatable bonds is 4. The lowest BCUT2D eigenvalue weighted by molar-refractivity contribution is -0.157. The number of cyclic esters (lactones) is 1. The fraction of sp³-hybridized carbons (Fsp3) is 0.727. The van der Waals surface area contributed by atoms with Gasteiger partial charge in [-0.1, -0.05) is 39.3 Å². The summed E-state index contributed by atoms with van der Waals surface area (Å²) in [6.07, 6.45) is 7.54. The first-order valence-electron chi connectivity index (χ1n) is 9.86. The molecule has 2 fully saturated rings. The molecular weight excluding hydrogens is 328 g/mol. The Morgan fingerprint density at radius 3 is 2.73 bits per heavy atom. The molecule has 0 aromatic heterocycles. The summed E-state index contributed by atoms with van der Waals surface area (Å²) in [4.78, 5) is 23.8. The van der Waals surface area contributed by atoms with E-state index >= 15 is 0 Å². The smallest absolute Gasteiger partial charge is 0.334 e. The number of esters is 2. The molecular formula is C22H32O4. The minimum Gasteiger partial charge on any atom is -0.462 e. The van der Waals surface area contributed by atoms with Crippen molar-refractivity contribution in [3.63, 3.8) is 0 Å². The summed E-state index contributed by atoms with van der Waals surface area (Å²) >= 11 is 0. The largest absolute Gasteiger partial charge is 0.462 e. The van der Waals surface area contributed by atoms with Crippen LogP contribution >= 0.6 is 0 Å². The third-order valence-electron chi connectivity index (χ3n) is 7.10. The van der Waals surface area contributed by atoms with Crippen molar-refractivity contribution < 1.29 is 19.1 Å². The van der Waals surface area contributed by atoms with Gasteiger partial charge in [0.25, 0.3) is 0 Å². The van der Waals surface area contributed by atoms with Crippen LogP contribution in [0.2, 0.25) is 0 Å². The second-order valence-corrected chi connectivity index (χ2v) is 9.25. The summed E-state index contributed by atoms with van der Waals surface area (Å²) in [5, 5.41) is 0. The first kappa shape index (κ1) is 19.2. The van der Waals surface area contributed by atoms with E-state index in [2.05, 4.69) is 27.4 Å². The van der Waals surface area contributed by atoms with Crippen LogP contribution in [0.5, 0.6) is 0 Å². The number of carbonyl (C=O) groups is 2. The van der Waals surface area contributed by atoms with Gasteiger partial charge in [0.05, 0.1) is 0 Å². The molecule has 0 aromatic rings. The van der Waals surface area contributed by atoms with Crippen LogP contribution in [0.3, 0.4) is 0 Å². The van der Waals surface area contributed by atoms with Gasteiger partial charge in [0.15, 0.2) is 0 Å². The average Bonchev–Trinajstić information content (AvgIpc) is 2.90. The van der Waals surface area contributed by atoms with Crippen LogP contribution < -0.4 is 0 Å². The topological polar surface area (TPSA) is 52.6 Å². The number of hydrogen-bond donors (Lipinski definition) is 0. The zero-order valence-electron chi connectivity index (χ0n) is 16.6. The van der Waals surface area contributed by atoms with E-state index in [0.717, 1.165) is 19.3 Å². The number of carbonyl (C=O) groups excluding carboxylic acids is 2. The molecule has 1 aliphatic heterocycles. The van der Waals surface area contributed by atoms with E-state index in [1.807, 2.05) is 6.08 Å². The van der Waals surface area contributed by atoms with E-state index in [9.17, 15) is 9.59 Å². The van der Waals surface area contributed by atoms with Crippen molar-refractivity contribution in [2.24, 2.45) is 22.7 Å². The SMILES string of the molecule is C=C1CCC2C(C)(C)CCC[C@]2(C)[C@H]1C(CC1=CCOC1=O)OC(C)=O. The van der Waals surface area contributed by atoms with Crippen LogP contribution in [0.1, 0.15) is 66.2 Å². The number of hydrogen-bond acceptors (Lipinski definition) is 4. The van der Waals surface area contributed by atoms with Gasteiger partial charge in [0, 0.05) is 24.8 Å². The van der Waals surface area contributed by atoms with Gasteiger partial charge in [-0.05, 0) is 48.5 Å². The zero-order chi connectivity index (χ0) is 19.1. The second-order valence-electron chi connectivity index (χ2n) is 9.25. The zero-order valence-corrected chi connectivity index (χ0v) is 16.6. The van der Waals surface area contributed by atoms with Gasteiger partial charge < -0.3 is 9.47 Å². The molecule has 2 aliphatic carbocycles. The fourth-order valence-corrected chi connectivity index (χ4v) is 6.12. The molecule has 26 heavy (non-hydrogen) atoms. The lowest BCUT2D eigenvalue weighted by atomic mass is 9.46. The molecule has 0 radical (unpaired) electrons. The van der Waals surface area contributed by atoms with Gasteiger partial charge in [-0.3, -0.25) is 4.79 Å². The highest BCUT2D eigenvalue weighted by Gasteiger charge is 2.55. The normalized spacial score (nSPS) is 34.5. The van der Waals surface area contributed by atoms with Crippen LogP contribution in [0.15, 0.2) is 23.8 Å². The molecule has 3 aliphatic rings. The van der Waals surface area contributed by atoms with E-state index in [1.165, 1.54) is 25.3 Å². The molecule has 0 aromatic carbocycles. The van der Waals surface area contributed by atoms with E-state index in [4.69, 9.17) is 9.47 Å². The van der Waals surface area contributed by atoms with Crippen LogP contribution in [-0.4, -0.2) is 24.6 Å². The Kier molecular flexibility index (Phi) is 5.06. The van der Waals surface area contributed by atoms with Crippen molar-refractivity contribution in [2.75, 3.05) is 6.61 Å². The highest BCUT2D eigenvalue weighted by molar-refractivity contribution is 5.90. The highest BCUT2D eigenvalue weighted by Crippen LogP contribution is 2.62. The first-order valence-corrected chi connectivity index (χ1v) is 9.86. The fourth-order valence-electron chi connectivity index (χ4n) is 6.12. The van der Waals surface area contributed by atoms with Crippen molar-refractivity contribution in [3.8, 4) is 0 Å². The Morgan fingerprint density at radius 2 is 2.12 bits per heavy atom. The van der Waals surface area contributed by atoms with Crippen molar-refractivity contribution in [2.45, 2.75) is 72.3 Å². The summed E-state index contributed by atoms with van der Waals surface area (Å²) in [5.41, 5.74) is 2.11. The van der Waals surface area contributed by atoms with Crippen molar-refractivity contribution in [1.29, 1.82) is 0 Å². The molecule has 4 atom stereocenters. The second kappa shape index (κ2) is 6.86. The molecule has 0 bridgehead atoms. The van der Waals surface area contributed by atoms with Gasteiger partial charge >= 0.3 is 11.9 Å². The standard InChI is InChI=1S/C22H32O4/c1-14-7-8-18-21(3,4)10-6-11-22(18,5)19(14)17(26-15(2)23)13-16-9-12-25-20(16)24/h9,17-19H,1,6-8,10-13H2,2-5H3/t17?,18?,19-,22+/m1/s1. The van der Waals surface area contributed by atoms with Crippen molar-refractivity contribution in [1.82, 2.24) is 0 Å². The summed E-state index contributed by atoms with van der Waals surface area (Å²) in [7, 11) is 0. The van der Waals surface area contributed by atoms with Gasteiger partial charge in [0.2, 0.25) is 0 Å². The van der Waals surface area contributed by atoms with Crippen LogP contribution in [-0.2, 0) is 19.1 Å². The van der Waals surface area contributed by atoms with Crippen molar-refractivity contribution in [3.05, 3.63) is 23.8 Å². The predicted octanol–water partition coefficient (Wildman–Crippen LogP) is 4.59. The van der Waals surface area contributed by atoms with Gasteiger partial charge in [-0.25, -0.2) is 4.79 Å². The van der Waals surface area contributed by atoms with E-state index in [0.29, 0.717) is 24.5 Å². The van der Waals surface area contributed by atoms with E-state index in [-0.39, 0.29) is 34.8 Å². The van der Waals surface area contributed by atoms with Crippen molar-refractivity contribution >= 4 is 11.9 Å². The molecule has 3 rings (SSSR count). The van der Waals surface area contributed by atoms with Gasteiger partial charge in [-0.2, -0.15) is 0 Å². The van der Waals surface area contributed by atoms with E-state index < -0.39 is 0 Å². The monoisotopic (exact) mass is 360 g/mol. The summed E-state index contributed by atoms with van der Waals surface area (Å²) in [6.45, 7) is 13.2. The quantitative estimate of drug-likeness (QED) is 0.543. The lowest BCUT2D eigenvalue weighted by Crippen LogP contribution is -2.53. The Balaban J connectivity index is 1.95. The molecule has 2 saturated carbocycles. The number of ether oxygens (including phenoxy) is 2. The third kappa shape index (κ3) is 3.35. The molecule has 0 spiro atoms. The van der Waals surface area contributed by atoms with Crippen LogP contribution in [0, 0.1) is 22.7 Å². The lowest BCUT2D eigenvalue weighted by Gasteiger charge is -2.59. The molecule has 0 saturated heterocycles. The molecule has 4 nitrogen and oxygen atoms in total. The molecule has 2 unspecified atom stereocenters. The summed E-state index contributed by atoms with van der Waals surface area (Å²) in [6, 6.07) is 0. The maximum absolute atomic E-state index is 12.0. The molecule has 144 valence electrons. The van der Waals surface area contributed by atoms with Crippen LogP contribution in [0.4, 0.5) is 0 Å². The van der Waals surface area contributed by atoms with Gasteiger partial charge in [0.1, 0.15) is 12.7 Å². The molecule has 1 heterocycles. The molecule has 4 heteroatoms. The predicted molar refractivity (Wildman–Crippen MR) is 100 cm³/mol. The van der Waals surface area contributed by atoms with Gasteiger partial charge in [-0.15, -0.1) is 0 Å². The average molecular weight is 360 g/mol. The van der Waals surface area contributed by atoms with E-state index in [1.54, 1.807) is 0 Å². The molecule has 0 amide bonds. The Morgan fingerprint density at radius 1 is 1.38 bits per heavy atom. The Labute approximate surface area is 157 Å². The Bertz CT molecular complexity index is 645. The first-order chi connectivity index (χ1) is 12.1. The number of fused-ring (bicyclic) bond motifs is 1. The summed E-state index contributed by atoms with van der Waals surface area (Å²) in [5.74, 6) is 0.0747. The maximum atomic E-state index is 12.0. The maximum Gasteiger partial charge on any atom is 0.334 e.